The van der Waals surface area contributed by atoms with Crippen molar-refractivity contribution >= 4 is 11.8 Å². The Morgan fingerprint density at radius 1 is 1.21 bits per heavy atom. The van der Waals surface area contributed by atoms with Crippen molar-refractivity contribution in [1.82, 2.24) is 0 Å². The van der Waals surface area contributed by atoms with E-state index in [-0.39, 0.29) is 34.9 Å². The fraction of sp³-hybridized carbons (Fsp3) is 0.724. The minimum atomic E-state index is -0.362. The highest BCUT2D eigenvalue weighted by atomic mass is 16.5. The van der Waals surface area contributed by atoms with Gasteiger partial charge >= 0.3 is 5.97 Å². The molecule has 6 aliphatic rings. The zero-order valence-corrected chi connectivity index (χ0v) is 21.2. The molecule has 2 heterocycles. The van der Waals surface area contributed by atoms with Crippen molar-refractivity contribution in [2.24, 2.45) is 40.4 Å². The highest BCUT2D eigenvalue weighted by molar-refractivity contribution is 5.88. The summed E-state index contributed by atoms with van der Waals surface area (Å²) in [6, 6.07) is 0. The molecule has 0 amide bonds. The zero-order chi connectivity index (χ0) is 24.0. The molecule has 0 bridgehead atoms. The van der Waals surface area contributed by atoms with E-state index in [4.69, 9.17) is 14.2 Å². The Morgan fingerprint density at radius 3 is 2.71 bits per heavy atom. The first-order valence-electron chi connectivity index (χ1n) is 13.3. The highest BCUT2D eigenvalue weighted by Crippen LogP contribution is 2.68. The molecule has 0 radical (unpaired) electrons. The van der Waals surface area contributed by atoms with Crippen LogP contribution in [0.3, 0.4) is 0 Å². The largest absolute Gasteiger partial charge is 0.489 e. The number of ketones is 1. The lowest BCUT2D eigenvalue weighted by Crippen LogP contribution is -2.54. The molecule has 184 valence electrons. The van der Waals surface area contributed by atoms with Crippen molar-refractivity contribution in [3.8, 4) is 0 Å². The Hall–Kier alpha value is -2.04. The van der Waals surface area contributed by atoms with Crippen molar-refractivity contribution in [2.75, 3.05) is 6.61 Å². The molecule has 0 N–H and O–H groups in total. The lowest BCUT2D eigenvalue weighted by Gasteiger charge is -2.57. The third-order valence-electron chi connectivity index (χ3n) is 10.5. The first kappa shape index (κ1) is 22.4. The summed E-state index contributed by atoms with van der Waals surface area (Å²) in [5, 5.41) is 0. The summed E-state index contributed by atoms with van der Waals surface area (Å²) in [5.74, 6) is 3.80. The van der Waals surface area contributed by atoms with Crippen molar-refractivity contribution < 1.29 is 23.8 Å². The third kappa shape index (κ3) is 2.97. The summed E-state index contributed by atoms with van der Waals surface area (Å²) in [7, 11) is 0. The van der Waals surface area contributed by atoms with Crippen molar-refractivity contribution in [2.45, 2.75) is 85.4 Å². The fourth-order valence-corrected chi connectivity index (χ4v) is 8.88. The van der Waals surface area contributed by atoms with E-state index in [0.717, 1.165) is 43.6 Å². The van der Waals surface area contributed by atoms with E-state index in [1.807, 2.05) is 0 Å². The smallest absolute Gasteiger partial charge is 0.302 e. The van der Waals surface area contributed by atoms with Crippen LogP contribution < -0.4 is 0 Å². The Morgan fingerprint density at radius 2 is 2.00 bits per heavy atom. The molecule has 3 fully saturated rings. The third-order valence-corrected chi connectivity index (χ3v) is 10.5. The first-order chi connectivity index (χ1) is 16.1. The van der Waals surface area contributed by atoms with Crippen LogP contribution in [0.25, 0.3) is 0 Å². The molecule has 0 spiro atoms. The number of carbonyl (C=O) groups is 2. The maximum atomic E-state index is 14.0. The maximum absolute atomic E-state index is 14.0. The molecular formula is C29H38O5. The Labute approximate surface area is 203 Å². The van der Waals surface area contributed by atoms with E-state index < -0.39 is 0 Å². The van der Waals surface area contributed by atoms with Gasteiger partial charge in [0, 0.05) is 37.0 Å². The van der Waals surface area contributed by atoms with Gasteiger partial charge in [-0.2, -0.15) is 0 Å². The van der Waals surface area contributed by atoms with Crippen LogP contribution in [-0.4, -0.2) is 30.6 Å². The Kier molecular flexibility index (Phi) is 4.93. The van der Waals surface area contributed by atoms with Gasteiger partial charge in [0.25, 0.3) is 0 Å². The first-order valence-corrected chi connectivity index (χ1v) is 13.3. The quantitative estimate of drug-likeness (QED) is 0.397. The number of rotatable bonds is 2. The number of allylic oxidation sites excluding steroid dienone is 1. The molecule has 9 atom stereocenters. The monoisotopic (exact) mass is 466 g/mol. The molecule has 2 aliphatic heterocycles. The normalized spacial score (nSPS) is 47.0. The second-order valence-electron chi connectivity index (χ2n) is 12.3. The summed E-state index contributed by atoms with van der Waals surface area (Å²) >= 11 is 0. The highest BCUT2D eigenvalue weighted by Gasteiger charge is 2.67. The average Bonchev–Trinajstić information content (AvgIpc) is 3.43. The van der Waals surface area contributed by atoms with Crippen LogP contribution in [0.4, 0.5) is 0 Å². The molecule has 4 aliphatic carbocycles. The van der Waals surface area contributed by atoms with Gasteiger partial charge < -0.3 is 14.2 Å². The van der Waals surface area contributed by atoms with Gasteiger partial charge in [0.2, 0.25) is 0 Å². The molecule has 0 aromatic carbocycles. The molecule has 0 unspecified atom stereocenters. The minimum Gasteiger partial charge on any atom is -0.489 e. The van der Waals surface area contributed by atoms with Crippen molar-refractivity contribution in [1.29, 1.82) is 0 Å². The van der Waals surface area contributed by atoms with E-state index >= 15 is 0 Å². The number of hydrogen-bond acceptors (Lipinski definition) is 5. The molecule has 6 rings (SSSR count). The zero-order valence-electron chi connectivity index (χ0n) is 21.2. The van der Waals surface area contributed by atoms with Gasteiger partial charge in [-0.1, -0.05) is 32.4 Å². The predicted molar refractivity (Wildman–Crippen MR) is 127 cm³/mol. The summed E-state index contributed by atoms with van der Waals surface area (Å²) in [6.07, 6.45) is 10.0. The molecule has 0 saturated heterocycles. The second kappa shape index (κ2) is 7.48. The maximum Gasteiger partial charge on any atom is 0.302 e. The van der Waals surface area contributed by atoms with Crippen LogP contribution in [0, 0.1) is 40.4 Å². The Balaban J connectivity index is 1.30. The lowest BCUT2D eigenvalue weighted by atomic mass is 9.46. The van der Waals surface area contributed by atoms with Crippen LogP contribution in [0.5, 0.6) is 0 Å². The minimum absolute atomic E-state index is 0.0155. The van der Waals surface area contributed by atoms with Crippen LogP contribution in [0.15, 0.2) is 34.8 Å². The summed E-state index contributed by atoms with van der Waals surface area (Å²) in [6.45, 7) is 11.1. The van der Waals surface area contributed by atoms with Gasteiger partial charge in [0.05, 0.1) is 6.61 Å². The molecule has 5 nitrogen and oxygen atoms in total. The average molecular weight is 467 g/mol. The van der Waals surface area contributed by atoms with Gasteiger partial charge in [-0.25, -0.2) is 0 Å². The molecule has 5 heteroatoms. The molecule has 34 heavy (non-hydrogen) atoms. The lowest BCUT2D eigenvalue weighted by molar-refractivity contribution is -0.150. The van der Waals surface area contributed by atoms with E-state index in [2.05, 4.69) is 39.8 Å². The molecular weight excluding hydrogens is 428 g/mol. The van der Waals surface area contributed by atoms with Crippen molar-refractivity contribution in [3.63, 3.8) is 0 Å². The Bertz CT molecular complexity index is 1040. The molecule has 3 saturated carbocycles. The second-order valence-corrected chi connectivity index (χ2v) is 12.3. The number of Topliss-reactive ketones (excluding diaryl/α,β-unsaturated/α-hetero) is 1. The summed E-state index contributed by atoms with van der Waals surface area (Å²) in [4.78, 5) is 25.5. The van der Waals surface area contributed by atoms with E-state index in [0.29, 0.717) is 42.5 Å². The number of fused-ring (bicyclic) bond motifs is 7. The number of hydrogen-bond donors (Lipinski definition) is 0. The van der Waals surface area contributed by atoms with Gasteiger partial charge in [0.15, 0.2) is 11.5 Å². The molecule has 0 aromatic rings. The molecule has 0 aromatic heterocycles. The topological polar surface area (TPSA) is 61.8 Å². The van der Waals surface area contributed by atoms with Gasteiger partial charge in [-0.3, -0.25) is 9.59 Å². The van der Waals surface area contributed by atoms with Crippen LogP contribution in [-0.2, 0) is 23.8 Å². The van der Waals surface area contributed by atoms with Crippen LogP contribution in [0.1, 0.15) is 73.1 Å². The predicted octanol–water partition coefficient (Wildman–Crippen LogP) is 5.51. The number of carbonyl (C=O) groups excluding carboxylic acids is 2. The fourth-order valence-electron chi connectivity index (χ4n) is 8.88. The van der Waals surface area contributed by atoms with E-state index in [9.17, 15) is 9.59 Å². The van der Waals surface area contributed by atoms with Crippen LogP contribution >= 0.6 is 0 Å². The standard InChI is InChI=1S/C29H38O5/c1-15-10-24(32-14-15)27-16(2)26-23(34-27)12-22-20-7-6-18-11-19(33-17(3)30)8-9-28(18,4)21(20)13-25(31)29(22,26)5/h6,10,15,19-23,26H,7-9,11-14H2,1-5H3/t15-,19+,20-,21+,22+,23+,26+,28+,29-/m1/s1. The van der Waals surface area contributed by atoms with Crippen LogP contribution in [0.2, 0.25) is 0 Å². The van der Waals surface area contributed by atoms with Crippen molar-refractivity contribution in [3.05, 3.63) is 34.8 Å². The van der Waals surface area contributed by atoms with Gasteiger partial charge in [-0.05, 0) is 67.4 Å². The summed E-state index contributed by atoms with van der Waals surface area (Å²) < 4.78 is 18.1. The van der Waals surface area contributed by atoms with Gasteiger partial charge in [-0.15, -0.1) is 0 Å². The number of ether oxygens (including phenoxy) is 3. The van der Waals surface area contributed by atoms with E-state index in [1.165, 1.54) is 18.1 Å². The van der Waals surface area contributed by atoms with E-state index in [1.54, 1.807) is 0 Å². The van der Waals surface area contributed by atoms with Gasteiger partial charge in [0.1, 0.15) is 18.0 Å². The SMILES string of the molecule is CC(=O)O[C@H]1CC[C@@]2(C)C(=CC[C@H]3[C@@H]4C[C@@H]5OC(C6=C[C@@H](C)CO6)=C(C)[C@@H]5[C@@]4(C)C(=O)C[C@@H]32)C1. The number of esters is 1. The summed E-state index contributed by atoms with van der Waals surface area (Å²) in [5.41, 5.74) is 2.29.